The van der Waals surface area contributed by atoms with Gasteiger partial charge >= 0.3 is 0 Å². The van der Waals surface area contributed by atoms with Crippen LogP contribution in [0.2, 0.25) is 0 Å². The third-order valence-corrected chi connectivity index (χ3v) is 10.7. The number of hydrogen-bond donors (Lipinski definition) is 0. The van der Waals surface area contributed by atoms with Crippen LogP contribution in [-0.2, 0) is 6.42 Å². The summed E-state index contributed by atoms with van der Waals surface area (Å²) < 4.78 is 0. The zero-order valence-electron chi connectivity index (χ0n) is 31.0. The van der Waals surface area contributed by atoms with E-state index in [1.54, 1.807) is 0 Å². The topological polar surface area (TPSA) is 0 Å². The number of aryl methyl sites for hydroxylation is 4. The van der Waals surface area contributed by atoms with E-state index in [1.807, 2.05) is 0 Å². The van der Waals surface area contributed by atoms with Crippen molar-refractivity contribution >= 4 is 32.3 Å². The van der Waals surface area contributed by atoms with Crippen molar-refractivity contribution in [3.8, 4) is 33.4 Å². The van der Waals surface area contributed by atoms with Gasteiger partial charge in [0.1, 0.15) is 0 Å². The van der Waals surface area contributed by atoms with Crippen LogP contribution in [0.1, 0.15) is 33.4 Å². The van der Waals surface area contributed by atoms with Gasteiger partial charge in [0, 0.05) is 0 Å². The monoisotopic (exact) mass is 680 g/mol. The zero-order chi connectivity index (χ0) is 36.3. The maximum atomic E-state index is 2.38. The molecule has 9 aromatic carbocycles. The van der Waals surface area contributed by atoms with Crippen molar-refractivity contribution in [2.45, 2.75) is 34.1 Å². The summed E-state index contributed by atoms with van der Waals surface area (Å²) in [5, 5.41) is 8.08. The highest BCUT2D eigenvalue weighted by Crippen LogP contribution is 2.37. The Labute approximate surface area is 314 Å². The Morgan fingerprint density at radius 3 is 1.36 bits per heavy atom. The summed E-state index contributed by atoms with van der Waals surface area (Å²) in [7, 11) is 0. The van der Waals surface area contributed by atoms with Crippen LogP contribution in [0.3, 0.4) is 0 Å². The summed E-state index contributed by atoms with van der Waals surface area (Å²) in [6, 6.07) is 66.1. The van der Waals surface area contributed by atoms with E-state index in [-0.39, 0.29) is 0 Å². The van der Waals surface area contributed by atoms with Crippen LogP contribution in [0.5, 0.6) is 0 Å². The molecule has 0 aliphatic heterocycles. The average Bonchev–Trinajstić information content (AvgIpc) is 3.20. The molecule has 0 spiro atoms. The molecule has 0 aliphatic carbocycles. The van der Waals surface area contributed by atoms with E-state index in [1.165, 1.54) is 99.1 Å². The van der Waals surface area contributed by atoms with Crippen molar-refractivity contribution in [3.05, 3.63) is 215 Å². The molecule has 9 aromatic rings. The van der Waals surface area contributed by atoms with Gasteiger partial charge in [0.05, 0.1) is 0 Å². The smallest absolute Gasteiger partial charge is 0.00196 e. The van der Waals surface area contributed by atoms with Gasteiger partial charge in [0.15, 0.2) is 0 Å². The minimum absolute atomic E-state index is 0.924. The fraction of sp³-hybridized carbons (Fsp3) is 0.0943. The highest BCUT2D eigenvalue weighted by molar-refractivity contribution is 6.25. The highest BCUT2D eigenvalue weighted by Gasteiger charge is 2.13. The lowest BCUT2D eigenvalue weighted by molar-refractivity contribution is 1.19. The van der Waals surface area contributed by atoms with Gasteiger partial charge in [-0.2, -0.15) is 0 Å². The SMILES string of the molecule is Cc1ccc2c3ccccc3c3ccccc3c2c1.Cc1ccccc1-c1cc(-c2ccc(Cc3ccccc3)c(-c3ccccc3C)c2)ccc1C. The standard InChI is InChI=1S/C34H30.C19H14/c1-24-11-7-9-15-31(24)33-22-28(18-17-26(33)3)29-19-20-30(21-27-13-5-4-6-14-27)34(23-29)32-16-10-8-12-25(32)2;1-13-10-11-18-16-8-3-2-6-14(16)15-7-4-5-9-17(15)19(18)12-13/h4-20,22-23H,21H2,1-3H3;2-12H,1H3. The van der Waals surface area contributed by atoms with Crippen LogP contribution >= 0.6 is 0 Å². The van der Waals surface area contributed by atoms with E-state index >= 15 is 0 Å². The Morgan fingerprint density at radius 1 is 0.302 bits per heavy atom. The second-order valence-corrected chi connectivity index (χ2v) is 14.3. The van der Waals surface area contributed by atoms with Gasteiger partial charge in [-0.15, -0.1) is 0 Å². The largest absolute Gasteiger partial charge is 0.0622 e. The van der Waals surface area contributed by atoms with Crippen LogP contribution in [0.25, 0.3) is 65.7 Å². The van der Waals surface area contributed by atoms with Crippen molar-refractivity contribution in [3.63, 3.8) is 0 Å². The molecule has 0 bridgehead atoms. The first kappa shape index (κ1) is 33.9. The third-order valence-electron chi connectivity index (χ3n) is 10.7. The molecule has 0 fully saturated rings. The summed E-state index contributed by atoms with van der Waals surface area (Å²) in [5.74, 6) is 0. The maximum Gasteiger partial charge on any atom is -0.00196 e. The molecule has 256 valence electrons. The van der Waals surface area contributed by atoms with Crippen LogP contribution in [0, 0.1) is 27.7 Å². The van der Waals surface area contributed by atoms with Crippen molar-refractivity contribution in [1.29, 1.82) is 0 Å². The summed E-state index contributed by atoms with van der Waals surface area (Å²) in [5.41, 5.74) is 15.7. The first-order valence-electron chi connectivity index (χ1n) is 18.6. The fourth-order valence-electron chi connectivity index (χ4n) is 7.84. The predicted molar refractivity (Wildman–Crippen MR) is 230 cm³/mol. The molecule has 0 amide bonds. The molecule has 53 heavy (non-hydrogen) atoms. The van der Waals surface area contributed by atoms with Gasteiger partial charge in [0.25, 0.3) is 0 Å². The molecule has 0 aromatic heterocycles. The Bertz CT molecular complexity index is 2700. The molecule has 0 nitrogen and oxygen atoms in total. The summed E-state index contributed by atoms with van der Waals surface area (Å²) in [6.45, 7) is 8.75. The molecule has 0 N–H and O–H groups in total. The van der Waals surface area contributed by atoms with Crippen molar-refractivity contribution in [1.82, 2.24) is 0 Å². The minimum atomic E-state index is 0.924. The molecule has 0 saturated carbocycles. The first-order valence-corrected chi connectivity index (χ1v) is 18.6. The number of rotatable bonds is 5. The van der Waals surface area contributed by atoms with Gasteiger partial charge in [-0.05, 0) is 140 Å². The molecule has 0 heterocycles. The number of fused-ring (bicyclic) bond motifs is 6. The minimum Gasteiger partial charge on any atom is -0.0622 e. The Kier molecular flexibility index (Phi) is 9.45. The molecule has 0 saturated heterocycles. The Morgan fingerprint density at radius 2 is 0.755 bits per heavy atom. The van der Waals surface area contributed by atoms with Crippen LogP contribution in [0.4, 0.5) is 0 Å². The first-order chi connectivity index (χ1) is 25.9. The third kappa shape index (κ3) is 6.89. The second-order valence-electron chi connectivity index (χ2n) is 14.3. The Hall–Kier alpha value is -6.24. The van der Waals surface area contributed by atoms with Gasteiger partial charge in [-0.25, -0.2) is 0 Å². The lowest BCUT2D eigenvalue weighted by atomic mass is 9.88. The second kappa shape index (κ2) is 14.8. The quantitative estimate of drug-likeness (QED) is 0.159. The van der Waals surface area contributed by atoms with E-state index in [0.717, 1.165) is 6.42 Å². The van der Waals surface area contributed by atoms with Crippen LogP contribution < -0.4 is 0 Å². The highest BCUT2D eigenvalue weighted by atomic mass is 14.2. The molecule has 0 atom stereocenters. The lowest BCUT2D eigenvalue weighted by Crippen LogP contribution is -1.95. The van der Waals surface area contributed by atoms with E-state index in [2.05, 4.69) is 210 Å². The molecule has 0 radical (unpaired) electrons. The van der Waals surface area contributed by atoms with Crippen LogP contribution in [-0.4, -0.2) is 0 Å². The summed E-state index contributed by atoms with van der Waals surface area (Å²) >= 11 is 0. The molecule has 0 unspecified atom stereocenters. The summed E-state index contributed by atoms with van der Waals surface area (Å²) in [4.78, 5) is 0. The van der Waals surface area contributed by atoms with Gasteiger partial charge in [0.2, 0.25) is 0 Å². The Balaban J connectivity index is 0.000000176. The average molecular weight is 681 g/mol. The van der Waals surface area contributed by atoms with Gasteiger partial charge < -0.3 is 0 Å². The van der Waals surface area contributed by atoms with Crippen molar-refractivity contribution in [2.75, 3.05) is 0 Å². The fourth-order valence-corrected chi connectivity index (χ4v) is 7.84. The van der Waals surface area contributed by atoms with Crippen molar-refractivity contribution in [2.24, 2.45) is 0 Å². The molecule has 0 heteroatoms. The van der Waals surface area contributed by atoms with E-state index in [9.17, 15) is 0 Å². The van der Waals surface area contributed by atoms with Gasteiger partial charge in [-0.1, -0.05) is 175 Å². The molecular formula is C53H44. The normalized spacial score (nSPS) is 11.1. The van der Waals surface area contributed by atoms with Gasteiger partial charge in [-0.3, -0.25) is 0 Å². The van der Waals surface area contributed by atoms with Crippen LogP contribution in [0.15, 0.2) is 182 Å². The van der Waals surface area contributed by atoms with E-state index < -0.39 is 0 Å². The van der Waals surface area contributed by atoms with E-state index in [4.69, 9.17) is 0 Å². The molecular weight excluding hydrogens is 637 g/mol. The molecule has 9 rings (SSSR count). The number of hydrogen-bond acceptors (Lipinski definition) is 0. The van der Waals surface area contributed by atoms with Crippen molar-refractivity contribution < 1.29 is 0 Å². The summed E-state index contributed by atoms with van der Waals surface area (Å²) in [6.07, 6.45) is 0.924. The number of benzene rings is 9. The lowest BCUT2D eigenvalue weighted by Gasteiger charge is -2.16. The van der Waals surface area contributed by atoms with E-state index in [0.29, 0.717) is 0 Å². The predicted octanol–water partition coefficient (Wildman–Crippen LogP) is 14.7. The molecule has 0 aliphatic rings. The zero-order valence-corrected chi connectivity index (χ0v) is 31.0. The maximum absolute atomic E-state index is 2.38.